The quantitative estimate of drug-likeness (QED) is 0.271. The predicted molar refractivity (Wildman–Crippen MR) is 125 cm³/mol. The van der Waals surface area contributed by atoms with Crippen LogP contribution >= 0.6 is 50.7 Å². The number of hydrogen-bond acceptors (Lipinski definition) is 2. The lowest BCUT2D eigenvalue weighted by molar-refractivity contribution is -0.139. The lowest BCUT2D eigenvalue weighted by Gasteiger charge is -2.18. The van der Waals surface area contributed by atoms with E-state index in [1.165, 1.54) is 24.3 Å². The molecule has 170 valence electrons. The Kier molecular flexibility index (Phi) is 8.99. The molecule has 0 saturated carbocycles. The normalized spacial score (nSPS) is 12.6. The monoisotopic (exact) mass is 567 g/mol. The molecule has 2 rings (SSSR count). The predicted octanol–water partition coefficient (Wildman–Crippen LogP) is 7.99. The second-order valence-electron chi connectivity index (χ2n) is 6.63. The van der Waals surface area contributed by atoms with Gasteiger partial charge in [-0.25, -0.2) is 0 Å². The maximum atomic E-state index is 13.7. The van der Waals surface area contributed by atoms with E-state index in [0.717, 1.165) is 18.2 Å². The first-order valence-electron chi connectivity index (χ1n) is 9.07. The van der Waals surface area contributed by atoms with Crippen molar-refractivity contribution < 1.29 is 22.8 Å². The lowest BCUT2D eigenvalue weighted by Crippen LogP contribution is -2.26. The summed E-state index contributed by atoms with van der Waals surface area (Å²) in [5, 5.41) is 2.20. The minimum Gasteiger partial charge on any atom is -0.319 e. The van der Waals surface area contributed by atoms with E-state index >= 15 is 0 Å². The van der Waals surface area contributed by atoms with Crippen LogP contribution in [-0.2, 0) is 4.79 Å². The molecule has 1 amide bonds. The summed E-state index contributed by atoms with van der Waals surface area (Å²) in [5.41, 5.74) is 0.386. The summed E-state index contributed by atoms with van der Waals surface area (Å²) in [6.45, 7) is 5.15. The van der Waals surface area contributed by atoms with Crippen molar-refractivity contribution in [3.8, 4) is 0 Å². The number of carbonyl (C=O) groups excluding carboxylic acids is 2. The number of nitrogens with one attached hydrogen (secondary N) is 1. The summed E-state index contributed by atoms with van der Waals surface area (Å²) >= 11 is 20.8. The summed E-state index contributed by atoms with van der Waals surface area (Å²) in [5.74, 6) is -2.87. The van der Waals surface area contributed by atoms with E-state index in [1.54, 1.807) is 6.92 Å². The SMILES string of the molecule is C=C(NC(=O)c1ccc(C=CC(c2cc(Cl)c(Cl)c(Cl)c2)C(F)(F)F)cc1Br)C(=O)CC. The van der Waals surface area contributed by atoms with Crippen LogP contribution in [0, 0.1) is 0 Å². The molecule has 0 spiro atoms. The Morgan fingerprint density at radius 2 is 1.75 bits per heavy atom. The third kappa shape index (κ3) is 6.61. The standard InChI is InChI=1S/C22H16BrCl3F3NO2/c1-3-19(31)11(2)30-21(32)14-6-4-12(8-16(14)23)5-7-15(22(27,28)29)13-9-17(24)20(26)18(25)10-13/h4-10,15H,2-3H2,1H3,(H,30,32). The molecule has 0 aliphatic heterocycles. The number of rotatable bonds is 7. The molecule has 0 heterocycles. The van der Waals surface area contributed by atoms with E-state index in [1.807, 2.05) is 0 Å². The largest absolute Gasteiger partial charge is 0.399 e. The molecule has 0 aromatic heterocycles. The van der Waals surface area contributed by atoms with Crippen LogP contribution in [0.4, 0.5) is 13.2 Å². The average Bonchev–Trinajstić information content (AvgIpc) is 2.70. The van der Waals surface area contributed by atoms with Gasteiger partial charge in [-0.05, 0) is 51.3 Å². The van der Waals surface area contributed by atoms with Gasteiger partial charge in [0, 0.05) is 10.9 Å². The van der Waals surface area contributed by atoms with Gasteiger partial charge in [-0.15, -0.1) is 0 Å². The van der Waals surface area contributed by atoms with E-state index in [9.17, 15) is 22.8 Å². The Morgan fingerprint density at radius 3 is 2.25 bits per heavy atom. The highest BCUT2D eigenvalue weighted by atomic mass is 79.9. The van der Waals surface area contributed by atoms with Crippen molar-refractivity contribution in [2.75, 3.05) is 0 Å². The number of halogens is 7. The third-order valence-corrected chi connectivity index (χ3v) is 6.21. The fraction of sp³-hybridized carbons (Fsp3) is 0.182. The summed E-state index contributed by atoms with van der Waals surface area (Å²) in [7, 11) is 0. The molecule has 2 aromatic carbocycles. The van der Waals surface area contributed by atoms with Crippen LogP contribution in [0.3, 0.4) is 0 Å². The lowest BCUT2D eigenvalue weighted by atomic mass is 9.97. The molecule has 32 heavy (non-hydrogen) atoms. The van der Waals surface area contributed by atoms with Gasteiger partial charge >= 0.3 is 6.18 Å². The van der Waals surface area contributed by atoms with Gasteiger partial charge in [-0.1, -0.05) is 66.5 Å². The minimum atomic E-state index is -4.61. The van der Waals surface area contributed by atoms with Crippen molar-refractivity contribution in [2.45, 2.75) is 25.4 Å². The molecule has 10 heteroatoms. The molecule has 0 fully saturated rings. The zero-order chi connectivity index (χ0) is 24.2. The molecule has 0 aliphatic carbocycles. The highest BCUT2D eigenvalue weighted by molar-refractivity contribution is 9.10. The van der Waals surface area contributed by atoms with Crippen LogP contribution in [0.5, 0.6) is 0 Å². The van der Waals surface area contributed by atoms with Crippen LogP contribution in [0.25, 0.3) is 6.08 Å². The zero-order valence-corrected chi connectivity index (χ0v) is 20.3. The van der Waals surface area contributed by atoms with Crippen molar-refractivity contribution in [3.05, 3.63) is 84.9 Å². The number of amides is 1. The van der Waals surface area contributed by atoms with Crippen LogP contribution in [0.15, 0.2) is 53.2 Å². The molecule has 2 aromatic rings. The number of allylic oxidation sites excluding steroid dienone is 2. The molecular formula is C22H16BrCl3F3NO2. The Morgan fingerprint density at radius 1 is 1.16 bits per heavy atom. The molecular weight excluding hydrogens is 554 g/mol. The summed E-state index contributed by atoms with van der Waals surface area (Å²) < 4.78 is 41.3. The fourth-order valence-corrected chi connectivity index (χ4v) is 3.87. The first-order valence-corrected chi connectivity index (χ1v) is 11.0. The summed E-state index contributed by atoms with van der Waals surface area (Å²) in [4.78, 5) is 23.9. The van der Waals surface area contributed by atoms with Gasteiger partial charge in [0.25, 0.3) is 5.91 Å². The number of ketones is 1. The zero-order valence-electron chi connectivity index (χ0n) is 16.5. The molecule has 0 aliphatic rings. The van der Waals surface area contributed by atoms with Crippen molar-refractivity contribution in [1.29, 1.82) is 0 Å². The topological polar surface area (TPSA) is 46.2 Å². The third-order valence-electron chi connectivity index (χ3n) is 4.36. The van der Waals surface area contributed by atoms with Gasteiger partial charge in [0.2, 0.25) is 0 Å². The van der Waals surface area contributed by atoms with Gasteiger partial charge in [-0.2, -0.15) is 13.2 Å². The maximum absolute atomic E-state index is 13.7. The van der Waals surface area contributed by atoms with Crippen LogP contribution in [0.1, 0.15) is 40.7 Å². The Labute approximate surface area is 206 Å². The smallest absolute Gasteiger partial charge is 0.319 e. The first kappa shape index (κ1) is 26.5. The minimum absolute atomic E-state index is 0.0249. The molecule has 1 atom stereocenters. The van der Waals surface area contributed by atoms with Crippen LogP contribution in [-0.4, -0.2) is 17.9 Å². The summed E-state index contributed by atoms with van der Waals surface area (Å²) in [6, 6.07) is 6.60. The van der Waals surface area contributed by atoms with E-state index in [2.05, 4.69) is 27.8 Å². The second-order valence-corrected chi connectivity index (χ2v) is 8.67. The number of benzene rings is 2. The molecule has 3 nitrogen and oxygen atoms in total. The van der Waals surface area contributed by atoms with Gasteiger partial charge in [0.05, 0.1) is 32.2 Å². The molecule has 0 bridgehead atoms. The van der Waals surface area contributed by atoms with Crippen LogP contribution in [0.2, 0.25) is 15.1 Å². The number of Topliss-reactive ketones (excluding diaryl/α,β-unsaturated/α-hetero) is 1. The van der Waals surface area contributed by atoms with Gasteiger partial charge < -0.3 is 5.32 Å². The van der Waals surface area contributed by atoms with Crippen LogP contribution < -0.4 is 5.32 Å². The van der Waals surface area contributed by atoms with E-state index in [0.29, 0.717) is 10.0 Å². The Balaban J connectivity index is 2.31. The molecule has 0 radical (unpaired) electrons. The van der Waals surface area contributed by atoms with Gasteiger partial charge in [-0.3, -0.25) is 9.59 Å². The van der Waals surface area contributed by atoms with Gasteiger partial charge in [0.1, 0.15) is 0 Å². The highest BCUT2D eigenvalue weighted by Gasteiger charge is 2.39. The number of hydrogen-bond donors (Lipinski definition) is 1. The fourth-order valence-electron chi connectivity index (χ4n) is 2.68. The van der Waals surface area contributed by atoms with E-state index in [-0.39, 0.29) is 44.1 Å². The van der Waals surface area contributed by atoms with Crippen molar-refractivity contribution in [2.24, 2.45) is 0 Å². The van der Waals surface area contributed by atoms with Crippen molar-refractivity contribution >= 4 is 68.5 Å². The maximum Gasteiger partial charge on any atom is 0.399 e. The second kappa shape index (κ2) is 10.9. The molecule has 1 unspecified atom stereocenters. The van der Waals surface area contributed by atoms with Crippen molar-refractivity contribution in [1.82, 2.24) is 5.32 Å². The number of carbonyl (C=O) groups is 2. The molecule has 0 saturated heterocycles. The first-order chi connectivity index (χ1) is 14.8. The average molecular weight is 570 g/mol. The number of alkyl halides is 3. The van der Waals surface area contributed by atoms with E-state index < -0.39 is 18.0 Å². The highest BCUT2D eigenvalue weighted by Crippen LogP contribution is 2.41. The van der Waals surface area contributed by atoms with Crippen molar-refractivity contribution in [3.63, 3.8) is 0 Å². The van der Waals surface area contributed by atoms with E-state index in [4.69, 9.17) is 34.8 Å². The van der Waals surface area contributed by atoms with Gasteiger partial charge in [0.15, 0.2) is 5.78 Å². The molecule has 1 N–H and O–H groups in total. The summed E-state index contributed by atoms with van der Waals surface area (Å²) in [6.07, 6.45) is -2.20. The Bertz CT molecular complexity index is 1080. The Hall–Kier alpha value is -1.80.